The van der Waals surface area contributed by atoms with Crippen LogP contribution in [0.2, 0.25) is 0 Å². The van der Waals surface area contributed by atoms with Crippen LogP contribution in [0, 0.1) is 6.92 Å². The standard InChI is InChI=1S/C12H16N2O/c1-3-11(15)10-6-7-12(13-8(10)2)14-9-4-5-9/h6-7,9H,3-5H2,1-2H3,(H,13,14). The Bertz CT molecular complexity index is 383. The van der Waals surface area contributed by atoms with Crippen LogP contribution in [0.1, 0.15) is 42.2 Å². The van der Waals surface area contributed by atoms with Gasteiger partial charge in [0.25, 0.3) is 0 Å². The predicted octanol–water partition coefficient (Wildman–Crippen LogP) is 2.56. The number of hydrogen-bond donors (Lipinski definition) is 1. The number of carbonyl (C=O) groups is 1. The van der Waals surface area contributed by atoms with Crippen molar-refractivity contribution < 1.29 is 4.79 Å². The third kappa shape index (κ3) is 2.35. The Kier molecular flexibility index (Phi) is 2.71. The Morgan fingerprint density at radius 2 is 2.27 bits per heavy atom. The Morgan fingerprint density at radius 1 is 1.53 bits per heavy atom. The normalized spacial score (nSPS) is 15.1. The van der Waals surface area contributed by atoms with Gasteiger partial charge in [-0.1, -0.05) is 6.92 Å². The molecule has 0 bridgehead atoms. The molecule has 2 rings (SSSR count). The number of ketones is 1. The number of anilines is 1. The topological polar surface area (TPSA) is 42.0 Å². The number of aromatic nitrogens is 1. The van der Waals surface area contributed by atoms with Gasteiger partial charge in [-0.05, 0) is 31.9 Å². The van der Waals surface area contributed by atoms with Gasteiger partial charge in [0.2, 0.25) is 0 Å². The average molecular weight is 204 g/mol. The van der Waals surface area contributed by atoms with Crippen LogP contribution in [0.15, 0.2) is 12.1 Å². The lowest BCUT2D eigenvalue weighted by atomic mass is 10.1. The number of nitrogens with zero attached hydrogens (tertiary/aromatic N) is 1. The maximum Gasteiger partial charge on any atom is 0.164 e. The van der Waals surface area contributed by atoms with Crippen molar-refractivity contribution in [3.05, 3.63) is 23.4 Å². The average Bonchev–Trinajstić information content (AvgIpc) is 3.01. The lowest BCUT2D eigenvalue weighted by Crippen LogP contribution is -2.07. The monoisotopic (exact) mass is 204 g/mol. The molecule has 0 aromatic carbocycles. The summed E-state index contributed by atoms with van der Waals surface area (Å²) in [7, 11) is 0. The van der Waals surface area contributed by atoms with E-state index in [0.717, 1.165) is 17.1 Å². The number of rotatable bonds is 4. The molecule has 1 saturated carbocycles. The van der Waals surface area contributed by atoms with Gasteiger partial charge in [0.15, 0.2) is 5.78 Å². The maximum absolute atomic E-state index is 11.5. The maximum atomic E-state index is 11.5. The van der Waals surface area contributed by atoms with Crippen LogP contribution < -0.4 is 5.32 Å². The first-order valence-electron chi connectivity index (χ1n) is 5.48. The molecule has 1 aromatic rings. The van der Waals surface area contributed by atoms with E-state index in [1.807, 2.05) is 26.0 Å². The summed E-state index contributed by atoms with van der Waals surface area (Å²) < 4.78 is 0. The molecule has 15 heavy (non-hydrogen) atoms. The summed E-state index contributed by atoms with van der Waals surface area (Å²) in [6.07, 6.45) is 3.00. The highest BCUT2D eigenvalue weighted by Gasteiger charge is 2.21. The van der Waals surface area contributed by atoms with E-state index in [2.05, 4.69) is 10.3 Å². The van der Waals surface area contributed by atoms with Gasteiger partial charge in [-0.3, -0.25) is 4.79 Å². The van der Waals surface area contributed by atoms with E-state index in [0.29, 0.717) is 12.5 Å². The quantitative estimate of drug-likeness (QED) is 0.766. The predicted molar refractivity (Wildman–Crippen MR) is 60.2 cm³/mol. The van der Waals surface area contributed by atoms with Crippen molar-refractivity contribution in [2.75, 3.05) is 5.32 Å². The molecule has 0 aliphatic heterocycles. The highest BCUT2D eigenvalue weighted by molar-refractivity contribution is 5.96. The summed E-state index contributed by atoms with van der Waals surface area (Å²) in [5.74, 6) is 1.06. The number of pyridine rings is 1. The summed E-state index contributed by atoms with van der Waals surface area (Å²) in [4.78, 5) is 15.9. The SMILES string of the molecule is CCC(=O)c1ccc(NC2CC2)nc1C. The smallest absolute Gasteiger partial charge is 0.164 e. The van der Waals surface area contributed by atoms with Gasteiger partial charge >= 0.3 is 0 Å². The molecule has 0 atom stereocenters. The fourth-order valence-corrected chi connectivity index (χ4v) is 1.56. The molecule has 0 spiro atoms. The molecule has 1 aliphatic carbocycles. The van der Waals surface area contributed by atoms with Crippen LogP contribution in [-0.4, -0.2) is 16.8 Å². The zero-order valence-corrected chi connectivity index (χ0v) is 9.21. The molecule has 0 radical (unpaired) electrons. The minimum Gasteiger partial charge on any atom is -0.367 e. The highest BCUT2D eigenvalue weighted by Crippen LogP contribution is 2.24. The summed E-state index contributed by atoms with van der Waals surface area (Å²) in [5.41, 5.74) is 1.58. The molecule has 1 N–H and O–H groups in total. The molecular weight excluding hydrogens is 188 g/mol. The van der Waals surface area contributed by atoms with E-state index in [4.69, 9.17) is 0 Å². The van der Waals surface area contributed by atoms with Gasteiger partial charge in [0, 0.05) is 18.0 Å². The van der Waals surface area contributed by atoms with Crippen molar-refractivity contribution in [3.8, 4) is 0 Å². The Morgan fingerprint density at radius 3 is 2.80 bits per heavy atom. The van der Waals surface area contributed by atoms with Crippen molar-refractivity contribution in [3.63, 3.8) is 0 Å². The summed E-state index contributed by atoms with van der Waals surface area (Å²) in [6, 6.07) is 4.37. The van der Waals surface area contributed by atoms with E-state index < -0.39 is 0 Å². The van der Waals surface area contributed by atoms with E-state index in [1.54, 1.807) is 0 Å². The summed E-state index contributed by atoms with van der Waals surface area (Å²) in [5, 5.41) is 3.32. The van der Waals surface area contributed by atoms with Gasteiger partial charge in [0.05, 0.1) is 5.69 Å². The molecule has 0 saturated heterocycles. The van der Waals surface area contributed by atoms with Crippen molar-refractivity contribution in [1.29, 1.82) is 0 Å². The largest absolute Gasteiger partial charge is 0.367 e. The van der Waals surface area contributed by atoms with Gasteiger partial charge in [-0.25, -0.2) is 4.98 Å². The second-order valence-electron chi connectivity index (χ2n) is 4.02. The van der Waals surface area contributed by atoms with Crippen LogP contribution in [0.25, 0.3) is 0 Å². The first-order valence-corrected chi connectivity index (χ1v) is 5.48. The molecule has 3 heteroatoms. The fraction of sp³-hybridized carbons (Fsp3) is 0.500. The van der Waals surface area contributed by atoms with Crippen LogP contribution in [0.4, 0.5) is 5.82 Å². The van der Waals surface area contributed by atoms with Gasteiger partial charge in [-0.2, -0.15) is 0 Å². The van der Waals surface area contributed by atoms with Crippen LogP contribution >= 0.6 is 0 Å². The molecule has 1 aliphatic rings. The van der Waals surface area contributed by atoms with Gasteiger partial charge < -0.3 is 5.32 Å². The second kappa shape index (κ2) is 4.01. The van der Waals surface area contributed by atoms with E-state index in [9.17, 15) is 4.79 Å². The van der Waals surface area contributed by atoms with Gasteiger partial charge in [-0.15, -0.1) is 0 Å². The van der Waals surface area contributed by atoms with E-state index in [-0.39, 0.29) is 5.78 Å². The Balaban J connectivity index is 2.17. The first-order chi connectivity index (χ1) is 7.20. The van der Waals surface area contributed by atoms with Gasteiger partial charge in [0.1, 0.15) is 5.82 Å². The second-order valence-corrected chi connectivity index (χ2v) is 4.02. The minimum absolute atomic E-state index is 0.165. The third-order valence-electron chi connectivity index (χ3n) is 2.64. The fourth-order valence-electron chi connectivity index (χ4n) is 1.56. The van der Waals surface area contributed by atoms with Crippen molar-refractivity contribution in [2.45, 2.75) is 39.2 Å². The Hall–Kier alpha value is -1.38. The van der Waals surface area contributed by atoms with Crippen molar-refractivity contribution >= 4 is 11.6 Å². The first kappa shape index (κ1) is 10.1. The molecule has 0 unspecified atom stereocenters. The van der Waals surface area contributed by atoms with E-state index in [1.165, 1.54) is 12.8 Å². The van der Waals surface area contributed by atoms with Crippen molar-refractivity contribution in [2.24, 2.45) is 0 Å². The lowest BCUT2D eigenvalue weighted by Gasteiger charge is -2.07. The number of carbonyl (C=O) groups excluding carboxylic acids is 1. The van der Waals surface area contributed by atoms with E-state index >= 15 is 0 Å². The number of Topliss-reactive ketones (excluding diaryl/α,β-unsaturated/α-hetero) is 1. The molecule has 1 fully saturated rings. The van der Waals surface area contributed by atoms with Crippen LogP contribution in [0.3, 0.4) is 0 Å². The number of nitrogens with one attached hydrogen (secondary N) is 1. The molecule has 0 amide bonds. The molecule has 80 valence electrons. The lowest BCUT2D eigenvalue weighted by molar-refractivity contribution is 0.0987. The van der Waals surface area contributed by atoms with Crippen LogP contribution in [-0.2, 0) is 0 Å². The molecule has 3 nitrogen and oxygen atoms in total. The Labute approximate surface area is 89.9 Å². The van der Waals surface area contributed by atoms with Crippen molar-refractivity contribution in [1.82, 2.24) is 4.98 Å². The molecular formula is C12H16N2O. The van der Waals surface area contributed by atoms with Crippen LogP contribution in [0.5, 0.6) is 0 Å². The highest BCUT2D eigenvalue weighted by atomic mass is 16.1. The summed E-state index contributed by atoms with van der Waals surface area (Å²) in [6.45, 7) is 3.76. The molecule has 1 heterocycles. The number of aryl methyl sites for hydroxylation is 1. The third-order valence-corrected chi connectivity index (χ3v) is 2.64. The zero-order valence-electron chi connectivity index (χ0n) is 9.21. The molecule has 1 aromatic heterocycles. The zero-order chi connectivity index (χ0) is 10.8. The minimum atomic E-state index is 0.165. The number of hydrogen-bond acceptors (Lipinski definition) is 3. The summed E-state index contributed by atoms with van der Waals surface area (Å²) >= 11 is 0.